The van der Waals surface area contributed by atoms with E-state index in [9.17, 15) is 4.21 Å². The van der Waals surface area contributed by atoms with E-state index in [0.717, 1.165) is 12.3 Å². The van der Waals surface area contributed by atoms with E-state index in [1.54, 1.807) is 0 Å². The van der Waals surface area contributed by atoms with Crippen molar-refractivity contribution in [2.75, 3.05) is 0 Å². The molecule has 0 saturated carbocycles. The molecular formula is C11H23NOS. The Morgan fingerprint density at radius 2 is 1.93 bits per heavy atom. The zero-order valence-electron chi connectivity index (χ0n) is 9.96. The lowest BCUT2D eigenvalue weighted by molar-refractivity contribution is 0.593. The van der Waals surface area contributed by atoms with Crippen LogP contribution < -0.4 is 4.72 Å². The zero-order valence-corrected chi connectivity index (χ0v) is 10.8. The average molecular weight is 217 g/mol. The fourth-order valence-corrected chi connectivity index (χ4v) is 1.37. The van der Waals surface area contributed by atoms with Gasteiger partial charge in [0.25, 0.3) is 0 Å². The molecule has 14 heavy (non-hydrogen) atoms. The molecule has 0 radical (unpaired) electrons. The lowest BCUT2D eigenvalue weighted by Gasteiger charge is -2.16. The van der Waals surface area contributed by atoms with Crippen LogP contribution in [0.2, 0.25) is 0 Å². The van der Waals surface area contributed by atoms with Gasteiger partial charge < -0.3 is 4.72 Å². The van der Waals surface area contributed by atoms with Crippen molar-refractivity contribution < 1.29 is 4.21 Å². The lowest BCUT2D eigenvalue weighted by Crippen LogP contribution is -2.30. The van der Waals surface area contributed by atoms with Crippen LogP contribution in [-0.2, 0) is 11.0 Å². The molecule has 2 nitrogen and oxygen atoms in total. The normalized spacial score (nSPS) is 15.0. The smallest absolute Gasteiger partial charge is 0.122 e. The number of nitrogens with one attached hydrogen (secondary N) is 1. The Morgan fingerprint density at radius 1 is 1.36 bits per heavy atom. The Labute approximate surface area is 90.8 Å². The summed E-state index contributed by atoms with van der Waals surface area (Å²) in [5.41, 5.74) is 0. The van der Waals surface area contributed by atoms with Crippen molar-refractivity contribution in [1.29, 1.82) is 0 Å². The van der Waals surface area contributed by atoms with Gasteiger partial charge in [0, 0.05) is 6.20 Å². The number of hydrogen-bond acceptors (Lipinski definition) is 1. The summed E-state index contributed by atoms with van der Waals surface area (Å²) in [5.74, 6) is 0.729. The molecule has 0 rings (SSSR count). The van der Waals surface area contributed by atoms with Crippen molar-refractivity contribution in [3.63, 3.8) is 0 Å². The van der Waals surface area contributed by atoms with Gasteiger partial charge in [-0.05, 0) is 39.5 Å². The Morgan fingerprint density at radius 3 is 2.36 bits per heavy atom. The summed E-state index contributed by atoms with van der Waals surface area (Å²) in [6.45, 7) is 10.3. The summed E-state index contributed by atoms with van der Waals surface area (Å²) in [5, 5.41) is 0. The van der Waals surface area contributed by atoms with E-state index in [-0.39, 0.29) is 4.75 Å². The first-order valence-corrected chi connectivity index (χ1v) is 6.32. The van der Waals surface area contributed by atoms with Crippen molar-refractivity contribution in [3.8, 4) is 0 Å². The predicted octanol–water partition coefficient (Wildman–Crippen LogP) is 2.99. The molecule has 0 heterocycles. The van der Waals surface area contributed by atoms with Crippen LogP contribution in [0.15, 0.2) is 12.3 Å². The van der Waals surface area contributed by atoms with E-state index in [0.29, 0.717) is 0 Å². The van der Waals surface area contributed by atoms with E-state index in [4.69, 9.17) is 0 Å². The van der Waals surface area contributed by atoms with E-state index in [1.165, 1.54) is 6.42 Å². The molecule has 0 aliphatic heterocycles. The molecule has 0 aliphatic carbocycles. The molecule has 1 atom stereocenters. The maximum absolute atomic E-state index is 11.5. The predicted molar refractivity (Wildman–Crippen MR) is 64.2 cm³/mol. The van der Waals surface area contributed by atoms with Crippen molar-refractivity contribution in [2.24, 2.45) is 5.92 Å². The summed E-state index contributed by atoms with van der Waals surface area (Å²) in [7, 11) is -0.988. The lowest BCUT2D eigenvalue weighted by atomic mass is 10.1. The van der Waals surface area contributed by atoms with Gasteiger partial charge in [-0.15, -0.1) is 0 Å². The van der Waals surface area contributed by atoms with Crippen LogP contribution in [0.25, 0.3) is 0 Å². The highest BCUT2D eigenvalue weighted by Gasteiger charge is 2.17. The van der Waals surface area contributed by atoms with Gasteiger partial charge in [0.2, 0.25) is 0 Å². The highest BCUT2D eigenvalue weighted by atomic mass is 32.2. The summed E-state index contributed by atoms with van der Waals surface area (Å²) in [6, 6.07) is 0. The third-order valence-corrected chi connectivity index (χ3v) is 3.22. The van der Waals surface area contributed by atoms with E-state index in [2.05, 4.69) is 18.6 Å². The molecule has 3 heteroatoms. The van der Waals surface area contributed by atoms with E-state index in [1.807, 2.05) is 33.0 Å². The second-order valence-corrected chi connectivity index (χ2v) is 6.87. The Balaban J connectivity index is 3.68. The van der Waals surface area contributed by atoms with Gasteiger partial charge in [0.1, 0.15) is 11.0 Å². The summed E-state index contributed by atoms with van der Waals surface area (Å²) < 4.78 is 14.2. The molecule has 0 aromatic carbocycles. The second-order valence-electron chi connectivity index (χ2n) is 4.87. The highest BCUT2D eigenvalue weighted by molar-refractivity contribution is 7.84. The molecule has 0 amide bonds. The number of rotatable bonds is 5. The van der Waals surface area contributed by atoms with Crippen LogP contribution in [0.5, 0.6) is 0 Å². The SMILES string of the molecule is CC(C)CCC=CNS(=O)C(C)(C)C. The van der Waals surface area contributed by atoms with Crippen molar-refractivity contribution in [1.82, 2.24) is 4.72 Å². The first-order valence-electron chi connectivity index (χ1n) is 5.17. The average Bonchev–Trinajstić information content (AvgIpc) is 2.01. The standard InChI is InChI=1S/C11H23NOS/c1-10(2)8-6-7-9-12-14(13)11(3,4)5/h7,9-10,12H,6,8H2,1-5H3. The second kappa shape index (κ2) is 6.23. The molecule has 1 N–H and O–H groups in total. The fourth-order valence-electron chi connectivity index (χ4n) is 0.800. The molecule has 0 spiro atoms. The molecule has 84 valence electrons. The van der Waals surface area contributed by atoms with Gasteiger partial charge in [-0.25, -0.2) is 4.21 Å². The first kappa shape index (κ1) is 13.7. The molecule has 0 aromatic heterocycles. The fraction of sp³-hybridized carbons (Fsp3) is 0.818. The molecule has 0 aromatic rings. The summed E-state index contributed by atoms with van der Waals surface area (Å²) in [4.78, 5) is 0. The maximum atomic E-state index is 11.5. The maximum Gasteiger partial charge on any atom is 0.122 e. The highest BCUT2D eigenvalue weighted by Crippen LogP contribution is 2.08. The molecule has 0 fully saturated rings. The minimum Gasteiger partial charge on any atom is -0.312 e. The zero-order chi connectivity index (χ0) is 11.2. The molecular weight excluding hydrogens is 194 g/mol. The molecule has 0 bridgehead atoms. The third-order valence-electron chi connectivity index (χ3n) is 1.76. The van der Waals surface area contributed by atoms with Crippen molar-refractivity contribution >= 4 is 11.0 Å². The van der Waals surface area contributed by atoms with Gasteiger partial charge in [-0.2, -0.15) is 0 Å². The van der Waals surface area contributed by atoms with Crippen LogP contribution in [0.1, 0.15) is 47.5 Å². The van der Waals surface area contributed by atoms with Crippen LogP contribution in [-0.4, -0.2) is 8.96 Å². The molecule has 0 aliphatic rings. The largest absolute Gasteiger partial charge is 0.312 e. The van der Waals surface area contributed by atoms with Crippen LogP contribution in [0, 0.1) is 5.92 Å². The Bertz CT molecular complexity index is 204. The van der Waals surface area contributed by atoms with Gasteiger partial charge in [-0.3, -0.25) is 0 Å². The van der Waals surface area contributed by atoms with Crippen LogP contribution >= 0.6 is 0 Å². The first-order chi connectivity index (χ1) is 6.34. The number of allylic oxidation sites excluding steroid dienone is 1. The number of hydrogen-bond donors (Lipinski definition) is 1. The van der Waals surface area contributed by atoms with Gasteiger partial charge >= 0.3 is 0 Å². The summed E-state index contributed by atoms with van der Waals surface area (Å²) in [6.07, 6.45) is 6.08. The van der Waals surface area contributed by atoms with Crippen LogP contribution in [0.4, 0.5) is 0 Å². The van der Waals surface area contributed by atoms with Gasteiger partial charge in [0.05, 0.1) is 4.75 Å². The van der Waals surface area contributed by atoms with Gasteiger partial charge in [-0.1, -0.05) is 19.9 Å². The minimum absolute atomic E-state index is 0.192. The Hall–Kier alpha value is -0.310. The van der Waals surface area contributed by atoms with Crippen LogP contribution in [0.3, 0.4) is 0 Å². The molecule has 1 unspecified atom stereocenters. The topological polar surface area (TPSA) is 29.1 Å². The monoisotopic (exact) mass is 217 g/mol. The quantitative estimate of drug-likeness (QED) is 0.753. The minimum atomic E-state index is -0.988. The Kier molecular flexibility index (Phi) is 6.09. The van der Waals surface area contributed by atoms with Crippen molar-refractivity contribution in [2.45, 2.75) is 52.2 Å². The van der Waals surface area contributed by atoms with Gasteiger partial charge in [0.15, 0.2) is 0 Å². The third kappa shape index (κ3) is 7.13. The molecule has 0 saturated heterocycles. The summed E-state index contributed by atoms with van der Waals surface area (Å²) >= 11 is 0. The van der Waals surface area contributed by atoms with E-state index >= 15 is 0 Å². The van der Waals surface area contributed by atoms with Crippen molar-refractivity contribution in [3.05, 3.63) is 12.3 Å². The van der Waals surface area contributed by atoms with E-state index < -0.39 is 11.0 Å².